The lowest BCUT2D eigenvalue weighted by Gasteiger charge is -2.46. The molecule has 0 bridgehead atoms. The summed E-state index contributed by atoms with van der Waals surface area (Å²) >= 11 is 0. The van der Waals surface area contributed by atoms with Crippen LogP contribution in [0.4, 0.5) is 102 Å². The fraction of sp³-hybridized carbons (Fsp3) is 0.290. The van der Waals surface area contributed by atoms with E-state index in [4.69, 9.17) is 0 Å². The van der Waals surface area contributed by atoms with Crippen molar-refractivity contribution < 1.29 is 0 Å². The zero-order chi connectivity index (χ0) is 104. The van der Waals surface area contributed by atoms with Crippen LogP contribution in [0.3, 0.4) is 0 Å². The van der Waals surface area contributed by atoms with Crippen molar-refractivity contribution in [1.29, 1.82) is 0 Å². The number of anilines is 18. The third-order valence-corrected chi connectivity index (χ3v) is 31.2. The molecule has 0 saturated heterocycles. The molecule has 8 heteroatoms. The Labute approximate surface area is 873 Å². The summed E-state index contributed by atoms with van der Waals surface area (Å²) in [4.78, 5) is 15.5. The summed E-state index contributed by atoms with van der Waals surface area (Å²) in [5.41, 5.74) is 44.1. The molecule has 146 heavy (non-hydrogen) atoms. The Hall–Kier alpha value is -13.8. The van der Waals surface area contributed by atoms with Crippen LogP contribution in [-0.4, -0.2) is 13.4 Å². The van der Waals surface area contributed by atoms with Gasteiger partial charge < -0.3 is 29.4 Å². The quantitative estimate of drug-likeness (QED) is 0.119. The van der Waals surface area contributed by atoms with E-state index < -0.39 is 0 Å². The molecular weight excluding hydrogens is 1760 g/mol. The lowest BCUT2D eigenvalue weighted by molar-refractivity contribution is 0.589. The van der Waals surface area contributed by atoms with Crippen molar-refractivity contribution in [2.24, 2.45) is 0 Å². The lowest BCUT2D eigenvalue weighted by atomic mass is 9.33. The maximum absolute atomic E-state index is 2.60. The maximum Gasteiger partial charge on any atom is 0.252 e. The van der Waals surface area contributed by atoms with Gasteiger partial charge in [-0.2, -0.15) is 0 Å². The molecule has 21 rings (SSSR count). The van der Waals surface area contributed by atoms with Crippen molar-refractivity contribution in [2.75, 3.05) is 29.4 Å². The van der Waals surface area contributed by atoms with Gasteiger partial charge in [0.15, 0.2) is 0 Å². The van der Waals surface area contributed by atoms with Gasteiger partial charge >= 0.3 is 0 Å². The van der Waals surface area contributed by atoms with Gasteiger partial charge in [-0.05, 0) is 280 Å². The van der Waals surface area contributed by atoms with Crippen LogP contribution >= 0.6 is 0 Å². The molecule has 6 nitrogen and oxygen atoms in total. The molecule has 4 aliphatic rings. The number of nitrogens with zero attached hydrogens (tertiary/aromatic N) is 6. The van der Waals surface area contributed by atoms with E-state index >= 15 is 0 Å². The van der Waals surface area contributed by atoms with E-state index in [2.05, 4.69) is 589 Å². The van der Waals surface area contributed by atoms with Crippen molar-refractivity contribution in [3.63, 3.8) is 0 Å². The molecule has 17 aromatic carbocycles. The molecule has 0 saturated carbocycles. The Balaban J connectivity index is 0.000000178. The Bertz CT molecular complexity index is 7560. The van der Waals surface area contributed by atoms with Gasteiger partial charge in [0.2, 0.25) is 0 Å². The van der Waals surface area contributed by atoms with Gasteiger partial charge in [0.25, 0.3) is 13.4 Å². The van der Waals surface area contributed by atoms with E-state index in [-0.39, 0.29) is 67.6 Å². The summed E-state index contributed by atoms with van der Waals surface area (Å²) in [6.07, 6.45) is 0. The SMILES string of the molecule is CC(C)(C)c1ccc(N2c3ccc(C(C)(C)C)cc3B3c4cc(C(C)(C)C)ccc4N(c4ccc(C(C)(C)C)cc4)c4cc(N(c5ccccc5)c5c(-c6ccccc6)ccc6ccccc56)cc2c43)cc1.CC(C)(C)c1ccc(N2c3ccc(C(C)(C)C)cc3B3c4cc(C(C)(C)C)ccc4N(c4ccc(C(C)(C)C)cc4)c4cc(N(c5ccccc5)c5c(C(C)(C)C)ccc6cc(C(C)(C)C)ccc56)cc2c43)cc1. The van der Waals surface area contributed by atoms with E-state index in [0.29, 0.717) is 0 Å². The Morgan fingerprint density at radius 3 is 0.753 bits per heavy atom. The van der Waals surface area contributed by atoms with Crippen LogP contribution in [0, 0.1) is 0 Å². The van der Waals surface area contributed by atoms with Crippen molar-refractivity contribution in [2.45, 2.75) is 262 Å². The fourth-order valence-corrected chi connectivity index (χ4v) is 22.6. The molecule has 0 aromatic heterocycles. The molecule has 0 unspecified atom stereocenters. The second-order valence-corrected chi connectivity index (χ2v) is 52.1. The van der Waals surface area contributed by atoms with Crippen molar-refractivity contribution in [3.8, 4) is 11.1 Å². The number of hydrogen-bond acceptors (Lipinski definition) is 6. The third kappa shape index (κ3) is 18.3. The van der Waals surface area contributed by atoms with Crippen LogP contribution in [0.5, 0.6) is 0 Å². The highest BCUT2D eigenvalue weighted by Crippen LogP contribution is 2.57. The van der Waals surface area contributed by atoms with Crippen molar-refractivity contribution in [3.05, 3.63) is 407 Å². The summed E-state index contributed by atoms with van der Waals surface area (Å²) in [6, 6.07) is 136. The molecule has 0 amide bonds. The predicted octanol–water partition coefficient (Wildman–Crippen LogP) is 35.4. The summed E-state index contributed by atoms with van der Waals surface area (Å²) in [5.74, 6) is 0. The van der Waals surface area contributed by atoms with Gasteiger partial charge in [-0.25, -0.2) is 0 Å². The minimum atomic E-state index is -0.179. The zero-order valence-corrected chi connectivity index (χ0v) is 92.3. The van der Waals surface area contributed by atoms with E-state index in [1.807, 2.05) is 0 Å². The minimum absolute atomic E-state index is 0.00479. The van der Waals surface area contributed by atoms with Crippen LogP contribution < -0.4 is 62.2 Å². The Morgan fingerprint density at radius 1 is 0.185 bits per heavy atom. The maximum atomic E-state index is 2.60. The number of para-hydroxylation sites is 2. The van der Waals surface area contributed by atoms with Crippen LogP contribution in [-0.2, 0) is 54.1 Å². The zero-order valence-electron chi connectivity index (χ0n) is 92.3. The second kappa shape index (κ2) is 36.1. The average molecular weight is 1910 g/mol. The topological polar surface area (TPSA) is 19.4 Å². The van der Waals surface area contributed by atoms with Gasteiger partial charge in [-0.15, -0.1) is 0 Å². The first-order valence-electron chi connectivity index (χ1n) is 53.2. The molecule has 0 N–H and O–H groups in total. The molecule has 0 fully saturated rings. The summed E-state index contributed by atoms with van der Waals surface area (Å²) in [7, 11) is 0. The Morgan fingerprint density at radius 2 is 0.445 bits per heavy atom. The number of fused-ring (bicyclic) bond motifs is 10. The van der Waals surface area contributed by atoms with Crippen molar-refractivity contribution >= 4 is 170 Å². The molecule has 17 aromatic rings. The van der Waals surface area contributed by atoms with Gasteiger partial charge in [0.05, 0.1) is 22.7 Å². The average Bonchev–Trinajstić information content (AvgIpc) is 0.691. The molecule has 4 aliphatic heterocycles. The summed E-state index contributed by atoms with van der Waals surface area (Å²) in [6.45, 7) is 69.8. The highest BCUT2D eigenvalue weighted by molar-refractivity contribution is 7.01. The standard InChI is InChI=1S/C70H80BN3.C68H68BN3/c1-65(2,3)46-25-32-52(33-26-46)73-59-38-30-49(68(10,11)12)41-57(59)71-58-42-50(69(13,14)15)31-39-60(58)74(53-34-27-47(28-35-53)66(4,5)6)62-44-54(43-61(73)63(62)71)72(51-22-20-19-21-23-51)64-55-36-29-48(67(7,8)9)40-45(55)24-37-56(64)70(16,17)18;1-65(2,3)47-28-34-52(35-29-47)71-59-39-32-49(67(7,8)9)41-57(59)69-58-42-50(68(10,11)12)33-40-60(58)72(53-36-30-48(31-37-53)66(4,5)6)62-44-54(43-61(71)63(62)69)70(51-24-17-14-18-25-51)64-55-26-20-19-23-46(55)27-38-56(64)45-21-15-13-16-22-45/h19-44H,1-18H3;13-44H,1-12H3. The third-order valence-electron chi connectivity index (χ3n) is 31.2. The van der Waals surface area contributed by atoms with Crippen LogP contribution in [0.15, 0.2) is 352 Å². The molecule has 736 valence electrons. The normalized spacial score (nSPS) is 13.7. The number of hydrogen-bond donors (Lipinski definition) is 0. The smallest absolute Gasteiger partial charge is 0.252 e. The van der Waals surface area contributed by atoms with Gasteiger partial charge in [-0.1, -0.05) is 438 Å². The van der Waals surface area contributed by atoms with Crippen LogP contribution in [0.2, 0.25) is 0 Å². The highest BCUT2D eigenvalue weighted by atomic mass is 15.2. The van der Waals surface area contributed by atoms with E-state index in [1.54, 1.807) is 0 Å². The van der Waals surface area contributed by atoms with Crippen LogP contribution in [0.25, 0.3) is 32.7 Å². The molecule has 0 spiro atoms. The monoisotopic (exact) mass is 1910 g/mol. The molecule has 4 heterocycles. The van der Waals surface area contributed by atoms with E-state index in [9.17, 15) is 0 Å². The van der Waals surface area contributed by atoms with Crippen molar-refractivity contribution in [1.82, 2.24) is 0 Å². The first-order valence-corrected chi connectivity index (χ1v) is 53.2. The van der Waals surface area contributed by atoms with Gasteiger partial charge in [-0.3, -0.25) is 0 Å². The van der Waals surface area contributed by atoms with Gasteiger partial charge in [0.1, 0.15) is 0 Å². The minimum Gasteiger partial charge on any atom is -0.311 e. The van der Waals surface area contributed by atoms with E-state index in [1.165, 1.54) is 172 Å². The second-order valence-electron chi connectivity index (χ2n) is 52.1. The summed E-state index contributed by atoms with van der Waals surface area (Å²) in [5, 5.41) is 4.87. The van der Waals surface area contributed by atoms with Crippen LogP contribution in [0.1, 0.15) is 263 Å². The fourth-order valence-electron chi connectivity index (χ4n) is 22.6. The number of rotatable bonds is 11. The largest absolute Gasteiger partial charge is 0.311 e. The molecule has 0 atom stereocenters. The predicted molar refractivity (Wildman–Crippen MR) is 638 cm³/mol. The summed E-state index contributed by atoms with van der Waals surface area (Å²) < 4.78 is 0. The first-order chi connectivity index (χ1) is 68.7. The lowest BCUT2D eigenvalue weighted by Crippen LogP contribution is -2.61. The van der Waals surface area contributed by atoms with Gasteiger partial charge in [0, 0.05) is 96.0 Å². The molecular formula is C138H148B2N6. The molecule has 0 aliphatic carbocycles. The number of benzene rings is 17. The first kappa shape index (κ1) is 99.5. The Kier molecular flexibility index (Phi) is 24.6. The van der Waals surface area contributed by atoms with E-state index in [0.717, 1.165) is 51.2 Å². The molecule has 0 radical (unpaired) electrons. The highest BCUT2D eigenvalue weighted by Gasteiger charge is 2.49.